The first-order chi connectivity index (χ1) is 9.72. The van der Waals surface area contributed by atoms with Crippen LogP contribution in [-0.2, 0) is 6.54 Å². The van der Waals surface area contributed by atoms with Crippen LogP contribution in [0.3, 0.4) is 0 Å². The van der Waals surface area contributed by atoms with Gasteiger partial charge in [-0.1, -0.05) is 6.07 Å². The van der Waals surface area contributed by atoms with Gasteiger partial charge in [-0.25, -0.2) is 4.98 Å². The second-order valence-electron chi connectivity index (χ2n) is 4.60. The molecule has 102 valence electrons. The van der Waals surface area contributed by atoms with Crippen LogP contribution in [0.2, 0.25) is 0 Å². The molecular formula is C16H18N4. The minimum atomic E-state index is 0.679. The maximum absolute atomic E-state index is 8.79. The van der Waals surface area contributed by atoms with Crippen LogP contribution in [0.1, 0.15) is 18.1 Å². The third kappa shape index (κ3) is 3.48. The van der Waals surface area contributed by atoms with E-state index < -0.39 is 0 Å². The van der Waals surface area contributed by atoms with Crippen molar-refractivity contribution >= 4 is 11.5 Å². The third-order valence-electron chi connectivity index (χ3n) is 3.04. The van der Waals surface area contributed by atoms with Gasteiger partial charge in [-0.15, -0.1) is 0 Å². The van der Waals surface area contributed by atoms with Gasteiger partial charge < -0.3 is 10.2 Å². The molecule has 0 bridgehead atoms. The topological polar surface area (TPSA) is 52.0 Å². The van der Waals surface area contributed by atoms with Gasteiger partial charge in [0.1, 0.15) is 5.82 Å². The molecule has 0 saturated heterocycles. The molecular weight excluding hydrogens is 248 g/mol. The molecule has 0 saturated carbocycles. The first-order valence-corrected chi connectivity index (χ1v) is 6.63. The number of nitriles is 1. The van der Waals surface area contributed by atoms with Crippen molar-refractivity contribution in [2.24, 2.45) is 0 Å². The van der Waals surface area contributed by atoms with E-state index in [1.165, 1.54) is 0 Å². The molecule has 0 spiro atoms. The predicted octanol–water partition coefficient (Wildman–Crippen LogP) is 3.02. The van der Waals surface area contributed by atoms with Crippen molar-refractivity contribution in [3.8, 4) is 6.07 Å². The molecule has 1 aromatic heterocycles. The first-order valence-electron chi connectivity index (χ1n) is 6.63. The molecule has 20 heavy (non-hydrogen) atoms. The lowest BCUT2D eigenvalue weighted by molar-refractivity contribution is 0.915. The number of hydrogen-bond donors (Lipinski definition) is 1. The van der Waals surface area contributed by atoms with Crippen molar-refractivity contribution in [3.05, 3.63) is 53.7 Å². The van der Waals surface area contributed by atoms with Crippen LogP contribution in [0, 0.1) is 11.3 Å². The number of benzene rings is 1. The van der Waals surface area contributed by atoms with Crippen molar-refractivity contribution in [1.29, 1.82) is 5.26 Å². The highest BCUT2D eigenvalue weighted by atomic mass is 15.1. The van der Waals surface area contributed by atoms with Gasteiger partial charge in [0.2, 0.25) is 0 Å². The molecule has 0 radical (unpaired) electrons. The van der Waals surface area contributed by atoms with E-state index in [4.69, 9.17) is 5.26 Å². The minimum Gasteiger partial charge on any atom is -0.370 e. The molecule has 0 unspecified atom stereocenters. The summed E-state index contributed by atoms with van der Waals surface area (Å²) in [6.07, 6.45) is 1.89. The number of nitrogens with zero attached hydrogens (tertiary/aromatic N) is 3. The third-order valence-corrected chi connectivity index (χ3v) is 3.04. The van der Waals surface area contributed by atoms with Crippen molar-refractivity contribution in [3.63, 3.8) is 0 Å². The molecule has 0 aliphatic heterocycles. The second-order valence-corrected chi connectivity index (χ2v) is 4.60. The highest BCUT2D eigenvalue weighted by Gasteiger charge is 2.03. The Labute approximate surface area is 119 Å². The van der Waals surface area contributed by atoms with E-state index >= 15 is 0 Å². The zero-order chi connectivity index (χ0) is 14.4. The van der Waals surface area contributed by atoms with E-state index in [1.807, 2.05) is 50.5 Å². The summed E-state index contributed by atoms with van der Waals surface area (Å²) in [5, 5.41) is 12.0. The van der Waals surface area contributed by atoms with Crippen molar-refractivity contribution in [2.75, 3.05) is 23.8 Å². The van der Waals surface area contributed by atoms with Gasteiger partial charge in [-0.2, -0.15) is 5.26 Å². The fraction of sp³-hybridized carbons (Fsp3) is 0.250. The number of nitrogens with one attached hydrogen (secondary N) is 1. The molecule has 1 heterocycles. The Kier molecular flexibility index (Phi) is 4.56. The summed E-state index contributed by atoms with van der Waals surface area (Å²) in [6.45, 7) is 3.71. The lowest BCUT2D eigenvalue weighted by Gasteiger charge is -2.19. The Balaban J connectivity index is 2.02. The molecule has 0 aliphatic rings. The summed E-state index contributed by atoms with van der Waals surface area (Å²) in [5.41, 5.74) is 2.91. The summed E-state index contributed by atoms with van der Waals surface area (Å²) < 4.78 is 0. The Hall–Kier alpha value is -2.54. The predicted molar refractivity (Wildman–Crippen MR) is 81.7 cm³/mol. The van der Waals surface area contributed by atoms with Gasteiger partial charge in [-0.05, 0) is 42.8 Å². The summed E-state index contributed by atoms with van der Waals surface area (Å²) >= 11 is 0. The fourth-order valence-corrected chi connectivity index (χ4v) is 1.96. The molecule has 0 amide bonds. The average molecular weight is 266 g/mol. The lowest BCUT2D eigenvalue weighted by Crippen LogP contribution is -2.16. The molecule has 1 aromatic carbocycles. The summed E-state index contributed by atoms with van der Waals surface area (Å²) in [7, 11) is 2.03. The van der Waals surface area contributed by atoms with Gasteiger partial charge in [0, 0.05) is 32.0 Å². The zero-order valence-electron chi connectivity index (χ0n) is 11.8. The van der Waals surface area contributed by atoms with E-state index in [-0.39, 0.29) is 0 Å². The molecule has 0 atom stereocenters. The Morgan fingerprint density at radius 1 is 1.20 bits per heavy atom. The SMILES string of the molecule is CCNc1ccc(CN(C)c2ccc(C#N)cc2)cn1. The van der Waals surface area contributed by atoms with Crippen LogP contribution < -0.4 is 10.2 Å². The monoisotopic (exact) mass is 266 g/mol. The highest BCUT2D eigenvalue weighted by molar-refractivity contribution is 5.49. The van der Waals surface area contributed by atoms with Gasteiger partial charge in [0.05, 0.1) is 11.6 Å². The number of hydrogen-bond acceptors (Lipinski definition) is 4. The molecule has 2 aromatic rings. The minimum absolute atomic E-state index is 0.679. The summed E-state index contributed by atoms with van der Waals surface area (Å²) in [4.78, 5) is 6.49. The van der Waals surface area contributed by atoms with E-state index in [0.717, 1.165) is 30.2 Å². The van der Waals surface area contributed by atoms with Crippen LogP contribution >= 0.6 is 0 Å². The van der Waals surface area contributed by atoms with Crippen molar-refractivity contribution < 1.29 is 0 Å². The van der Waals surface area contributed by atoms with Crippen LogP contribution in [0.5, 0.6) is 0 Å². The smallest absolute Gasteiger partial charge is 0.125 e. The Morgan fingerprint density at radius 3 is 2.50 bits per heavy atom. The number of anilines is 2. The summed E-state index contributed by atoms with van der Waals surface area (Å²) in [6, 6.07) is 13.8. The van der Waals surface area contributed by atoms with Gasteiger partial charge in [-0.3, -0.25) is 0 Å². The van der Waals surface area contributed by atoms with Gasteiger partial charge >= 0.3 is 0 Å². The zero-order valence-corrected chi connectivity index (χ0v) is 11.8. The molecule has 1 N–H and O–H groups in total. The number of rotatable bonds is 5. The molecule has 0 fully saturated rings. The number of pyridine rings is 1. The molecule has 2 rings (SSSR count). The maximum Gasteiger partial charge on any atom is 0.125 e. The summed E-state index contributed by atoms with van der Waals surface area (Å²) in [5.74, 6) is 0.900. The average Bonchev–Trinajstić information content (AvgIpc) is 2.49. The number of aromatic nitrogens is 1. The molecule has 4 heteroatoms. The molecule has 0 aliphatic carbocycles. The first kappa shape index (κ1) is 13.9. The normalized spacial score (nSPS) is 9.85. The highest BCUT2D eigenvalue weighted by Crippen LogP contribution is 2.16. The largest absolute Gasteiger partial charge is 0.370 e. The Bertz CT molecular complexity index is 581. The standard InChI is InChI=1S/C16H18N4/c1-3-18-16-9-6-14(11-19-16)12-20(2)15-7-4-13(10-17)5-8-15/h4-9,11H,3,12H2,1-2H3,(H,18,19). The van der Waals surface area contributed by atoms with Crippen LogP contribution in [0.25, 0.3) is 0 Å². The maximum atomic E-state index is 8.79. The van der Waals surface area contributed by atoms with E-state index in [2.05, 4.69) is 27.3 Å². The second kappa shape index (κ2) is 6.58. The van der Waals surface area contributed by atoms with Crippen LogP contribution in [-0.4, -0.2) is 18.6 Å². The van der Waals surface area contributed by atoms with Crippen LogP contribution in [0.15, 0.2) is 42.6 Å². The van der Waals surface area contributed by atoms with E-state index in [0.29, 0.717) is 5.56 Å². The van der Waals surface area contributed by atoms with Gasteiger partial charge in [0.25, 0.3) is 0 Å². The van der Waals surface area contributed by atoms with Crippen molar-refractivity contribution in [2.45, 2.75) is 13.5 Å². The van der Waals surface area contributed by atoms with E-state index in [9.17, 15) is 0 Å². The fourth-order valence-electron chi connectivity index (χ4n) is 1.96. The van der Waals surface area contributed by atoms with Crippen molar-refractivity contribution in [1.82, 2.24) is 4.98 Å². The quantitative estimate of drug-likeness (QED) is 0.903. The lowest BCUT2D eigenvalue weighted by atomic mass is 10.2. The van der Waals surface area contributed by atoms with Crippen LogP contribution in [0.4, 0.5) is 11.5 Å². The van der Waals surface area contributed by atoms with E-state index in [1.54, 1.807) is 0 Å². The molecule has 4 nitrogen and oxygen atoms in total. The van der Waals surface area contributed by atoms with Gasteiger partial charge in [0.15, 0.2) is 0 Å². The Morgan fingerprint density at radius 2 is 1.95 bits per heavy atom.